The molecule has 0 saturated carbocycles. The second-order valence-corrected chi connectivity index (χ2v) is 7.57. The van der Waals surface area contributed by atoms with Crippen LogP contribution >= 0.6 is 23.2 Å². The first-order chi connectivity index (χ1) is 13.9. The molecule has 0 spiro atoms. The number of halogens is 2. The molecule has 0 bridgehead atoms. The standard InChI is InChI=1S/C23H22Cl2N2O2/c1-15-7-8-16(2)21(11-15)27-23(28)14-29-22-10-9-17(12-19(22)25)13-26-20-6-4-3-5-18(20)24/h3-12,26H,13-14H2,1-2H3,(H,27,28). The van der Waals surface area contributed by atoms with Crippen molar-refractivity contribution in [2.24, 2.45) is 0 Å². The molecule has 0 heterocycles. The third kappa shape index (κ3) is 5.89. The maximum absolute atomic E-state index is 12.2. The molecule has 150 valence electrons. The summed E-state index contributed by atoms with van der Waals surface area (Å²) in [7, 11) is 0. The fourth-order valence-corrected chi connectivity index (χ4v) is 3.23. The number of nitrogens with one attached hydrogen (secondary N) is 2. The van der Waals surface area contributed by atoms with Crippen LogP contribution in [0.25, 0.3) is 0 Å². The van der Waals surface area contributed by atoms with Crippen molar-refractivity contribution in [3.8, 4) is 5.75 Å². The van der Waals surface area contributed by atoms with Gasteiger partial charge in [-0.25, -0.2) is 0 Å². The molecule has 0 atom stereocenters. The zero-order valence-electron chi connectivity index (χ0n) is 16.3. The van der Waals surface area contributed by atoms with E-state index in [1.54, 1.807) is 6.07 Å². The molecule has 1 amide bonds. The van der Waals surface area contributed by atoms with Crippen molar-refractivity contribution in [1.82, 2.24) is 0 Å². The zero-order chi connectivity index (χ0) is 20.8. The van der Waals surface area contributed by atoms with Crippen molar-refractivity contribution in [2.45, 2.75) is 20.4 Å². The predicted molar refractivity (Wildman–Crippen MR) is 120 cm³/mol. The minimum absolute atomic E-state index is 0.121. The van der Waals surface area contributed by atoms with Gasteiger partial charge in [-0.15, -0.1) is 0 Å². The quantitative estimate of drug-likeness (QED) is 0.468. The molecular weight excluding hydrogens is 407 g/mol. The Morgan fingerprint density at radius 3 is 2.48 bits per heavy atom. The molecule has 0 unspecified atom stereocenters. The number of hydrogen-bond acceptors (Lipinski definition) is 3. The van der Waals surface area contributed by atoms with Crippen LogP contribution < -0.4 is 15.4 Å². The summed E-state index contributed by atoms with van der Waals surface area (Å²) in [6.07, 6.45) is 0. The van der Waals surface area contributed by atoms with Crippen LogP contribution in [0.4, 0.5) is 11.4 Å². The summed E-state index contributed by atoms with van der Waals surface area (Å²) in [5.41, 5.74) is 4.69. The second-order valence-electron chi connectivity index (χ2n) is 6.75. The van der Waals surface area contributed by atoms with E-state index in [2.05, 4.69) is 10.6 Å². The minimum atomic E-state index is -0.237. The van der Waals surface area contributed by atoms with Crippen LogP contribution in [0.5, 0.6) is 5.75 Å². The van der Waals surface area contributed by atoms with Crippen LogP contribution in [0.3, 0.4) is 0 Å². The van der Waals surface area contributed by atoms with Crippen molar-refractivity contribution >= 4 is 40.5 Å². The van der Waals surface area contributed by atoms with Crippen molar-refractivity contribution in [3.63, 3.8) is 0 Å². The number of carbonyl (C=O) groups is 1. The molecule has 29 heavy (non-hydrogen) atoms. The van der Waals surface area contributed by atoms with Gasteiger partial charge in [-0.1, -0.05) is 53.5 Å². The molecule has 0 aliphatic carbocycles. The largest absolute Gasteiger partial charge is 0.482 e. The molecule has 3 aromatic rings. The molecule has 0 aliphatic heterocycles. The first-order valence-corrected chi connectivity index (χ1v) is 9.94. The highest BCUT2D eigenvalue weighted by atomic mass is 35.5. The van der Waals surface area contributed by atoms with E-state index in [1.165, 1.54) is 0 Å². The second kappa shape index (κ2) is 9.68. The maximum atomic E-state index is 12.2. The lowest BCUT2D eigenvalue weighted by atomic mass is 10.1. The molecule has 6 heteroatoms. The van der Waals surface area contributed by atoms with Crippen molar-refractivity contribution in [2.75, 3.05) is 17.2 Å². The van der Waals surface area contributed by atoms with Gasteiger partial charge in [-0.05, 0) is 60.9 Å². The number of rotatable bonds is 7. The molecule has 0 radical (unpaired) electrons. The van der Waals surface area contributed by atoms with E-state index in [0.717, 1.165) is 28.1 Å². The summed E-state index contributed by atoms with van der Waals surface area (Å²) in [5, 5.41) is 7.24. The predicted octanol–water partition coefficient (Wildman–Crippen LogP) is 6.24. The maximum Gasteiger partial charge on any atom is 0.262 e. The van der Waals surface area contributed by atoms with Crippen LogP contribution in [-0.2, 0) is 11.3 Å². The number of anilines is 2. The van der Waals surface area contributed by atoms with Crippen LogP contribution in [0.2, 0.25) is 10.0 Å². The van der Waals surface area contributed by atoms with Crippen molar-refractivity contribution in [1.29, 1.82) is 0 Å². The van der Waals surface area contributed by atoms with Gasteiger partial charge < -0.3 is 15.4 Å². The Labute approximate surface area is 180 Å². The Hall–Kier alpha value is -2.69. The van der Waals surface area contributed by atoms with Crippen LogP contribution in [0, 0.1) is 13.8 Å². The average Bonchev–Trinajstić information content (AvgIpc) is 2.69. The summed E-state index contributed by atoms with van der Waals surface area (Å²) in [5.74, 6) is 0.225. The molecule has 2 N–H and O–H groups in total. The number of ether oxygens (including phenoxy) is 1. The Balaban J connectivity index is 1.55. The number of aryl methyl sites for hydroxylation is 2. The first-order valence-electron chi connectivity index (χ1n) is 9.19. The van der Waals surface area contributed by atoms with Crippen molar-refractivity contribution in [3.05, 3.63) is 87.4 Å². The Morgan fingerprint density at radius 2 is 1.72 bits per heavy atom. The number of hydrogen-bond donors (Lipinski definition) is 2. The number of benzene rings is 3. The van der Waals surface area contributed by atoms with E-state index in [1.807, 2.05) is 68.4 Å². The van der Waals surface area contributed by atoms with Gasteiger partial charge in [-0.3, -0.25) is 4.79 Å². The zero-order valence-corrected chi connectivity index (χ0v) is 17.8. The molecule has 0 aliphatic rings. The van der Waals surface area contributed by atoms with E-state index >= 15 is 0 Å². The summed E-state index contributed by atoms with van der Waals surface area (Å²) in [6.45, 7) is 4.37. The molecular formula is C23H22Cl2N2O2. The van der Waals surface area contributed by atoms with E-state index in [-0.39, 0.29) is 12.5 Å². The molecule has 3 rings (SSSR count). The lowest BCUT2D eigenvalue weighted by Gasteiger charge is -2.12. The Morgan fingerprint density at radius 1 is 0.931 bits per heavy atom. The average molecular weight is 429 g/mol. The number of para-hydroxylation sites is 1. The fraction of sp³-hybridized carbons (Fsp3) is 0.174. The van der Waals surface area contributed by atoms with E-state index in [0.29, 0.717) is 22.3 Å². The third-order valence-corrected chi connectivity index (χ3v) is 5.00. The molecule has 4 nitrogen and oxygen atoms in total. The monoisotopic (exact) mass is 428 g/mol. The normalized spacial score (nSPS) is 10.5. The van der Waals surface area contributed by atoms with Crippen LogP contribution in [-0.4, -0.2) is 12.5 Å². The first kappa shape index (κ1) is 21.0. The summed E-state index contributed by atoms with van der Waals surface area (Å²) < 4.78 is 5.59. The van der Waals surface area contributed by atoms with E-state index in [9.17, 15) is 4.79 Å². The summed E-state index contributed by atoms with van der Waals surface area (Å²) in [6, 6.07) is 18.9. The van der Waals surface area contributed by atoms with E-state index in [4.69, 9.17) is 27.9 Å². The molecule has 0 saturated heterocycles. The van der Waals surface area contributed by atoms with E-state index < -0.39 is 0 Å². The van der Waals surface area contributed by atoms with Crippen LogP contribution in [0.15, 0.2) is 60.7 Å². The van der Waals surface area contributed by atoms with Gasteiger partial charge >= 0.3 is 0 Å². The lowest BCUT2D eigenvalue weighted by Crippen LogP contribution is -2.20. The smallest absolute Gasteiger partial charge is 0.262 e. The Bertz CT molecular complexity index is 1020. The summed E-state index contributed by atoms with van der Waals surface area (Å²) >= 11 is 12.5. The number of amides is 1. The van der Waals surface area contributed by atoms with Crippen molar-refractivity contribution < 1.29 is 9.53 Å². The van der Waals surface area contributed by atoms with Crippen LogP contribution in [0.1, 0.15) is 16.7 Å². The number of carbonyl (C=O) groups excluding carboxylic acids is 1. The SMILES string of the molecule is Cc1ccc(C)c(NC(=O)COc2ccc(CNc3ccccc3Cl)cc2Cl)c1. The molecule has 0 aromatic heterocycles. The molecule has 3 aromatic carbocycles. The van der Waals surface area contributed by atoms with Gasteiger partial charge in [0.2, 0.25) is 0 Å². The minimum Gasteiger partial charge on any atom is -0.482 e. The lowest BCUT2D eigenvalue weighted by molar-refractivity contribution is -0.118. The van der Waals surface area contributed by atoms with Gasteiger partial charge in [0.25, 0.3) is 5.91 Å². The van der Waals surface area contributed by atoms with Gasteiger partial charge in [0, 0.05) is 12.2 Å². The van der Waals surface area contributed by atoms with Gasteiger partial charge in [0.1, 0.15) is 5.75 Å². The van der Waals surface area contributed by atoms with Gasteiger partial charge in [0.15, 0.2) is 6.61 Å². The summed E-state index contributed by atoms with van der Waals surface area (Å²) in [4.78, 5) is 12.2. The van der Waals surface area contributed by atoms with Gasteiger partial charge in [0.05, 0.1) is 15.7 Å². The highest BCUT2D eigenvalue weighted by Gasteiger charge is 2.09. The third-order valence-electron chi connectivity index (χ3n) is 4.38. The topological polar surface area (TPSA) is 50.4 Å². The van der Waals surface area contributed by atoms with Gasteiger partial charge in [-0.2, -0.15) is 0 Å². The highest BCUT2D eigenvalue weighted by Crippen LogP contribution is 2.27. The Kier molecular flexibility index (Phi) is 7.02. The fourth-order valence-electron chi connectivity index (χ4n) is 2.77. The molecule has 0 fully saturated rings. The highest BCUT2D eigenvalue weighted by molar-refractivity contribution is 6.33.